The summed E-state index contributed by atoms with van der Waals surface area (Å²) >= 11 is 1.35. The van der Waals surface area contributed by atoms with Gasteiger partial charge in [-0.3, -0.25) is 4.79 Å². The molecule has 4 aromatic rings. The van der Waals surface area contributed by atoms with Gasteiger partial charge in [0.15, 0.2) is 11.0 Å². The normalized spacial score (nSPS) is 11.1. The van der Waals surface area contributed by atoms with Crippen LogP contribution < -0.4 is 5.32 Å². The van der Waals surface area contributed by atoms with Crippen LogP contribution in [0.3, 0.4) is 0 Å². The van der Waals surface area contributed by atoms with Crippen LogP contribution in [0.1, 0.15) is 6.92 Å². The molecule has 0 spiro atoms. The summed E-state index contributed by atoms with van der Waals surface area (Å²) in [5, 5.41) is 13.0. The zero-order valence-corrected chi connectivity index (χ0v) is 14.8. The van der Waals surface area contributed by atoms with E-state index in [1.807, 2.05) is 41.8 Å². The van der Waals surface area contributed by atoms with E-state index in [0.29, 0.717) is 17.4 Å². The van der Waals surface area contributed by atoms with Crippen LogP contribution in [-0.2, 0) is 11.3 Å². The second-order valence-corrected chi connectivity index (χ2v) is 6.52. The number of aromatic nitrogens is 3. The van der Waals surface area contributed by atoms with Crippen molar-refractivity contribution < 1.29 is 13.6 Å². The number of amides is 1. The number of hydrogen-bond acceptors (Lipinski definition) is 6. The zero-order valence-electron chi connectivity index (χ0n) is 14.0. The summed E-state index contributed by atoms with van der Waals surface area (Å²) in [4.78, 5) is 12.3. The molecule has 3 aromatic heterocycles. The van der Waals surface area contributed by atoms with Gasteiger partial charge in [0, 0.05) is 23.7 Å². The lowest BCUT2D eigenvalue weighted by Gasteiger charge is -2.07. The van der Waals surface area contributed by atoms with E-state index in [-0.39, 0.29) is 11.7 Å². The number of benzene rings is 1. The highest BCUT2D eigenvalue weighted by atomic mass is 32.2. The van der Waals surface area contributed by atoms with Gasteiger partial charge in [-0.05, 0) is 31.2 Å². The van der Waals surface area contributed by atoms with Crippen molar-refractivity contribution in [3.05, 3.63) is 49.1 Å². The first-order chi connectivity index (χ1) is 12.7. The van der Waals surface area contributed by atoms with E-state index in [1.165, 1.54) is 11.8 Å². The minimum atomic E-state index is -0.114. The van der Waals surface area contributed by atoms with E-state index in [1.54, 1.807) is 18.8 Å². The van der Waals surface area contributed by atoms with Crippen LogP contribution >= 0.6 is 11.8 Å². The van der Waals surface area contributed by atoms with Crippen molar-refractivity contribution >= 4 is 34.3 Å². The molecule has 0 aliphatic heterocycles. The van der Waals surface area contributed by atoms with Crippen LogP contribution in [0.4, 0.5) is 5.69 Å². The van der Waals surface area contributed by atoms with Crippen LogP contribution in [0.25, 0.3) is 22.4 Å². The van der Waals surface area contributed by atoms with Crippen molar-refractivity contribution in [3.8, 4) is 11.4 Å². The molecule has 7 nitrogen and oxygen atoms in total. The summed E-state index contributed by atoms with van der Waals surface area (Å²) in [7, 11) is 0. The maximum absolute atomic E-state index is 12.3. The first-order valence-corrected chi connectivity index (χ1v) is 9.09. The molecule has 0 radical (unpaired) electrons. The molecule has 0 bridgehead atoms. The number of carbonyl (C=O) groups is 1. The molecule has 132 valence electrons. The third-order valence-electron chi connectivity index (χ3n) is 3.88. The molecule has 4 rings (SSSR count). The third-order valence-corrected chi connectivity index (χ3v) is 4.85. The highest BCUT2D eigenvalue weighted by molar-refractivity contribution is 7.99. The van der Waals surface area contributed by atoms with Gasteiger partial charge >= 0.3 is 0 Å². The molecule has 0 saturated carbocycles. The van der Waals surface area contributed by atoms with E-state index in [4.69, 9.17) is 8.83 Å². The fraction of sp³-hybridized carbons (Fsp3) is 0.167. The van der Waals surface area contributed by atoms with E-state index in [0.717, 1.165) is 22.4 Å². The second kappa shape index (κ2) is 7.09. The molecule has 1 amide bonds. The number of carbonyl (C=O) groups excluding carboxylic acids is 1. The lowest BCUT2D eigenvalue weighted by Crippen LogP contribution is -2.14. The summed E-state index contributed by atoms with van der Waals surface area (Å²) in [5.74, 6) is 0.851. The third kappa shape index (κ3) is 3.23. The number of hydrogen-bond donors (Lipinski definition) is 1. The average molecular weight is 368 g/mol. The SMILES string of the molecule is CCn1c(SCC(=O)Nc2ccc3ccoc3c2)nnc1-c1ccoc1. The van der Waals surface area contributed by atoms with Gasteiger partial charge < -0.3 is 18.7 Å². The first-order valence-electron chi connectivity index (χ1n) is 8.10. The number of rotatable bonds is 6. The van der Waals surface area contributed by atoms with E-state index in [9.17, 15) is 4.79 Å². The van der Waals surface area contributed by atoms with Gasteiger partial charge in [-0.1, -0.05) is 11.8 Å². The summed E-state index contributed by atoms with van der Waals surface area (Å²) < 4.78 is 12.4. The maximum atomic E-state index is 12.3. The maximum Gasteiger partial charge on any atom is 0.234 e. The van der Waals surface area contributed by atoms with Crippen molar-refractivity contribution in [2.24, 2.45) is 0 Å². The monoisotopic (exact) mass is 368 g/mol. The van der Waals surface area contributed by atoms with E-state index < -0.39 is 0 Å². The van der Waals surface area contributed by atoms with Crippen molar-refractivity contribution in [1.29, 1.82) is 0 Å². The highest BCUT2D eigenvalue weighted by Crippen LogP contribution is 2.25. The smallest absolute Gasteiger partial charge is 0.234 e. The van der Waals surface area contributed by atoms with Crippen molar-refractivity contribution in [3.63, 3.8) is 0 Å². The van der Waals surface area contributed by atoms with Crippen molar-refractivity contribution in [1.82, 2.24) is 14.8 Å². The molecule has 8 heteroatoms. The van der Waals surface area contributed by atoms with Gasteiger partial charge in [0.2, 0.25) is 5.91 Å². The predicted octanol–water partition coefficient (Wildman–Crippen LogP) is 4.04. The van der Waals surface area contributed by atoms with Crippen molar-refractivity contribution in [2.45, 2.75) is 18.6 Å². The number of anilines is 1. The van der Waals surface area contributed by atoms with Gasteiger partial charge in [0.25, 0.3) is 0 Å². The first kappa shape index (κ1) is 16.5. The number of furan rings is 2. The molecule has 1 aromatic carbocycles. The number of nitrogens with one attached hydrogen (secondary N) is 1. The molecule has 0 saturated heterocycles. The van der Waals surface area contributed by atoms with Gasteiger partial charge in [0.05, 0.1) is 23.8 Å². The van der Waals surface area contributed by atoms with E-state index >= 15 is 0 Å². The Hall–Kier alpha value is -3.00. The Balaban J connectivity index is 1.42. The summed E-state index contributed by atoms with van der Waals surface area (Å²) in [6.07, 6.45) is 4.85. The molecule has 0 aliphatic carbocycles. The van der Waals surface area contributed by atoms with Gasteiger partial charge in [0.1, 0.15) is 11.8 Å². The van der Waals surface area contributed by atoms with Crippen LogP contribution in [0, 0.1) is 0 Å². The fourth-order valence-corrected chi connectivity index (χ4v) is 3.45. The Kier molecular flexibility index (Phi) is 4.49. The molecule has 0 fully saturated rings. The standard InChI is InChI=1S/C18H16N4O3S/c1-2-22-17(13-5-7-24-10-13)20-21-18(22)26-11-16(23)19-14-4-3-12-6-8-25-15(12)9-14/h3-10H,2,11H2,1H3,(H,19,23). The molecular weight excluding hydrogens is 352 g/mol. The summed E-state index contributed by atoms with van der Waals surface area (Å²) in [6.45, 7) is 2.71. The molecule has 3 heterocycles. The van der Waals surface area contributed by atoms with Crippen LogP contribution in [0.15, 0.2) is 63.1 Å². The summed E-state index contributed by atoms with van der Waals surface area (Å²) in [5.41, 5.74) is 2.31. The Labute approximate surface area is 153 Å². The summed E-state index contributed by atoms with van der Waals surface area (Å²) in [6, 6.07) is 9.29. The Bertz CT molecular complexity index is 1040. The molecule has 0 unspecified atom stereocenters. The zero-order chi connectivity index (χ0) is 17.9. The fourth-order valence-electron chi connectivity index (χ4n) is 2.65. The van der Waals surface area contributed by atoms with Crippen LogP contribution in [-0.4, -0.2) is 26.4 Å². The lowest BCUT2D eigenvalue weighted by atomic mass is 10.2. The number of thioether (sulfide) groups is 1. The van der Waals surface area contributed by atoms with Gasteiger partial charge in [-0.2, -0.15) is 0 Å². The number of fused-ring (bicyclic) bond motifs is 1. The molecule has 1 N–H and O–H groups in total. The minimum Gasteiger partial charge on any atom is -0.472 e. The minimum absolute atomic E-state index is 0.114. The molecular formula is C18H16N4O3S. The topological polar surface area (TPSA) is 86.1 Å². The van der Waals surface area contributed by atoms with Crippen molar-refractivity contribution in [2.75, 3.05) is 11.1 Å². The quantitative estimate of drug-likeness (QED) is 0.517. The largest absolute Gasteiger partial charge is 0.472 e. The Morgan fingerprint density at radius 1 is 1.23 bits per heavy atom. The highest BCUT2D eigenvalue weighted by Gasteiger charge is 2.15. The average Bonchev–Trinajstić information content (AvgIpc) is 3.38. The number of nitrogens with zero attached hydrogens (tertiary/aromatic N) is 3. The predicted molar refractivity (Wildman–Crippen MR) is 99.0 cm³/mol. The Morgan fingerprint density at radius 2 is 2.15 bits per heavy atom. The lowest BCUT2D eigenvalue weighted by molar-refractivity contribution is -0.113. The van der Waals surface area contributed by atoms with Gasteiger partial charge in [-0.25, -0.2) is 0 Å². The van der Waals surface area contributed by atoms with E-state index in [2.05, 4.69) is 15.5 Å². The Morgan fingerprint density at radius 3 is 2.96 bits per heavy atom. The molecule has 0 atom stereocenters. The molecule has 26 heavy (non-hydrogen) atoms. The van der Waals surface area contributed by atoms with Crippen LogP contribution in [0.5, 0.6) is 0 Å². The molecule has 0 aliphatic rings. The second-order valence-electron chi connectivity index (χ2n) is 5.57. The van der Waals surface area contributed by atoms with Crippen LogP contribution in [0.2, 0.25) is 0 Å². The van der Waals surface area contributed by atoms with Gasteiger partial charge in [-0.15, -0.1) is 10.2 Å².